The number of nitrogens with one attached hydrogen (secondary N) is 2. The Balaban J connectivity index is 1.18. The number of carbonyl (C=O) groups is 1. The monoisotopic (exact) mass is 560 g/mol. The fourth-order valence-corrected chi connectivity index (χ4v) is 4.54. The lowest BCUT2D eigenvalue weighted by molar-refractivity contribution is -0.274. The third-order valence-corrected chi connectivity index (χ3v) is 6.38. The second-order valence-electron chi connectivity index (χ2n) is 9.51. The number of alkyl halides is 3. The van der Waals surface area contributed by atoms with Gasteiger partial charge in [-0.3, -0.25) is 9.69 Å². The molecular weight excluding hydrogens is 533 g/mol. The number of ether oxygens (including phenoxy) is 1. The number of carbonyl (C=O) groups excluding carboxylic acids is 1. The molecule has 2 N–H and O–H groups in total. The normalized spacial score (nSPS) is 13.8. The molecular formula is C30H27F3N6O2. The van der Waals surface area contributed by atoms with Crippen molar-refractivity contribution in [3.63, 3.8) is 0 Å². The first-order valence-corrected chi connectivity index (χ1v) is 12.9. The third kappa shape index (κ3) is 7.86. The molecule has 11 heteroatoms. The van der Waals surface area contributed by atoms with E-state index in [1.54, 1.807) is 24.4 Å². The maximum atomic E-state index is 12.6. The Morgan fingerprint density at radius 1 is 1.02 bits per heavy atom. The summed E-state index contributed by atoms with van der Waals surface area (Å²) >= 11 is 0. The molecule has 0 spiro atoms. The van der Waals surface area contributed by atoms with Gasteiger partial charge in [0.25, 0.3) is 0 Å². The number of piperazine rings is 1. The van der Waals surface area contributed by atoms with Gasteiger partial charge in [-0.25, -0.2) is 9.97 Å². The van der Waals surface area contributed by atoms with Gasteiger partial charge in [-0.1, -0.05) is 30.3 Å². The Labute approximate surface area is 235 Å². The number of halogens is 3. The van der Waals surface area contributed by atoms with Gasteiger partial charge < -0.3 is 20.3 Å². The van der Waals surface area contributed by atoms with Crippen LogP contribution in [0.1, 0.15) is 12.5 Å². The Hall–Kier alpha value is -4.82. The molecule has 41 heavy (non-hydrogen) atoms. The van der Waals surface area contributed by atoms with Crippen molar-refractivity contribution >= 4 is 28.9 Å². The molecule has 1 aliphatic heterocycles. The summed E-state index contributed by atoms with van der Waals surface area (Å²) in [5, 5.41) is 5.98. The van der Waals surface area contributed by atoms with Crippen molar-refractivity contribution in [1.82, 2.24) is 14.9 Å². The minimum Gasteiger partial charge on any atom is -0.406 e. The van der Waals surface area contributed by atoms with Crippen LogP contribution in [0.2, 0.25) is 0 Å². The van der Waals surface area contributed by atoms with Gasteiger partial charge in [0.1, 0.15) is 5.75 Å². The van der Waals surface area contributed by atoms with Crippen LogP contribution in [0.25, 0.3) is 11.3 Å². The van der Waals surface area contributed by atoms with Crippen molar-refractivity contribution in [1.29, 1.82) is 0 Å². The molecule has 4 aromatic rings. The third-order valence-electron chi connectivity index (χ3n) is 6.38. The minimum absolute atomic E-state index is 0.131. The van der Waals surface area contributed by atoms with Gasteiger partial charge in [0.15, 0.2) is 0 Å². The molecule has 0 atom stereocenters. The molecule has 0 unspecified atom stereocenters. The zero-order valence-corrected chi connectivity index (χ0v) is 22.2. The van der Waals surface area contributed by atoms with Crippen LogP contribution < -0.4 is 20.3 Å². The molecule has 0 bridgehead atoms. The van der Waals surface area contributed by atoms with Gasteiger partial charge in [0, 0.05) is 63.2 Å². The van der Waals surface area contributed by atoms with Crippen molar-refractivity contribution in [2.24, 2.45) is 0 Å². The Morgan fingerprint density at radius 3 is 2.54 bits per heavy atom. The quantitative estimate of drug-likeness (QED) is 0.288. The van der Waals surface area contributed by atoms with E-state index in [4.69, 9.17) is 0 Å². The van der Waals surface area contributed by atoms with Crippen LogP contribution in [0.3, 0.4) is 0 Å². The van der Waals surface area contributed by atoms with Crippen molar-refractivity contribution in [3.05, 3.63) is 90.6 Å². The molecule has 5 rings (SSSR count). The lowest BCUT2D eigenvalue weighted by atomic mass is 10.1. The molecule has 0 radical (unpaired) electrons. The van der Waals surface area contributed by atoms with E-state index in [-0.39, 0.29) is 11.7 Å². The van der Waals surface area contributed by atoms with Crippen LogP contribution in [-0.4, -0.2) is 53.3 Å². The minimum atomic E-state index is -4.71. The lowest BCUT2D eigenvalue weighted by Gasteiger charge is -2.35. The molecule has 210 valence electrons. The molecule has 0 saturated carbocycles. The average molecular weight is 561 g/mol. The Kier molecular flexibility index (Phi) is 8.21. The lowest BCUT2D eigenvalue weighted by Crippen LogP contribution is -2.45. The summed E-state index contributed by atoms with van der Waals surface area (Å²) in [6, 6.07) is 25.3. The highest BCUT2D eigenvalue weighted by molar-refractivity contribution is 5.88. The number of benzene rings is 2. The van der Waals surface area contributed by atoms with Gasteiger partial charge in [-0.05, 0) is 48.0 Å². The number of hydrogen-bond acceptors (Lipinski definition) is 7. The first-order valence-electron chi connectivity index (χ1n) is 12.9. The number of amides is 1. The molecule has 3 aromatic carbocycles. The van der Waals surface area contributed by atoms with Crippen molar-refractivity contribution in [2.75, 3.05) is 41.7 Å². The Morgan fingerprint density at radius 2 is 1.80 bits per heavy atom. The molecule has 1 saturated heterocycles. The Bertz CT molecular complexity index is 1490. The van der Waals surface area contributed by atoms with Crippen molar-refractivity contribution in [2.45, 2.75) is 19.8 Å². The van der Waals surface area contributed by atoms with E-state index in [0.29, 0.717) is 18.2 Å². The smallest absolute Gasteiger partial charge is 0.406 e. The van der Waals surface area contributed by atoms with E-state index < -0.39 is 6.36 Å². The second-order valence-corrected chi connectivity index (χ2v) is 9.51. The largest absolute Gasteiger partial charge is 0.573 e. The molecule has 1 fully saturated rings. The van der Waals surface area contributed by atoms with Crippen LogP contribution in [0.5, 0.6) is 5.75 Å². The standard InChI is InChI=1S/C30H27F3N6O2/c1-21(40)35-24-10-8-23(9-11-24)28-12-13-34-29(37-28)36-25-5-3-6-26(19-25)39-16-14-38(15-17-39)20-22-4-2-7-27(18-22)41-30(31,32)33/h2,4-5,7-13,18-19H,14-17,20H2,1H3,(H,35,40)(H,34,36,37). The fourth-order valence-electron chi connectivity index (χ4n) is 4.54. The van der Waals surface area contributed by atoms with Crippen molar-refractivity contribution < 1.29 is 22.7 Å². The van der Waals surface area contributed by atoms with Gasteiger partial charge in [-0.15, -0.1) is 13.2 Å². The van der Waals surface area contributed by atoms with Crippen LogP contribution in [0, 0.1) is 12.1 Å². The number of nitrogens with zero attached hydrogens (tertiary/aromatic N) is 4. The van der Waals surface area contributed by atoms with Gasteiger partial charge in [0.05, 0.1) is 17.1 Å². The number of aromatic nitrogens is 2. The highest BCUT2D eigenvalue weighted by Crippen LogP contribution is 2.26. The molecule has 2 heterocycles. The summed E-state index contributed by atoms with van der Waals surface area (Å²) in [7, 11) is 0. The molecule has 1 amide bonds. The molecule has 0 aliphatic carbocycles. The molecule has 1 aliphatic rings. The van der Waals surface area contributed by atoms with E-state index in [1.807, 2.05) is 36.4 Å². The van der Waals surface area contributed by atoms with E-state index in [2.05, 4.69) is 47.3 Å². The number of hydrogen-bond donors (Lipinski definition) is 2. The first kappa shape index (κ1) is 27.7. The van der Waals surface area contributed by atoms with Crippen LogP contribution in [0.4, 0.5) is 36.2 Å². The summed E-state index contributed by atoms with van der Waals surface area (Å²) < 4.78 is 41.7. The van der Waals surface area contributed by atoms with E-state index in [1.165, 1.54) is 19.1 Å². The van der Waals surface area contributed by atoms with Crippen LogP contribution in [-0.2, 0) is 11.3 Å². The summed E-state index contributed by atoms with van der Waals surface area (Å²) in [6.07, 6.45) is -3.03. The van der Waals surface area contributed by atoms with Gasteiger partial charge in [-0.2, -0.15) is 0 Å². The zero-order chi connectivity index (χ0) is 28.8. The zero-order valence-electron chi connectivity index (χ0n) is 22.2. The summed E-state index contributed by atoms with van der Waals surface area (Å²) in [6.45, 7) is 4.93. The number of anilines is 4. The first-order chi connectivity index (χ1) is 19.7. The topological polar surface area (TPSA) is 82.6 Å². The van der Waals surface area contributed by atoms with E-state index in [0.717, 1.165) is 54.4 Å². The highest BCUT2D eigenvalue weighted by atomic mass is 19.4. The maximum Gasteiger partial charge on any atom is 0.573 e. The predicted molar refractivity (Wildman–Crippen MR) is 150 cm³/mol. The van der Waals surface area contributed by atoms with Crippen LogP contribution in [0.15, 0.2) is 72.9 Å². The molecule has 8 nitrogen and oxygen atoms in total. The average Bonchev–Trinajstić information content (AvgIpc) is 2.93. The SMILES string of the molecule is CC(=O)Nc1ccc(-c2ccnc(Nc3cc#cc(N4CCN(Cc5cccc(OC(F)(F)F)c5)CC4)c3)n2)cc1. The molecule has 1 aromatic heterocycles. The fraction of sp³-hybridized carbons (Fsp3) is 0.233. The van der Waals surface area contributed by atoms with Crippen molar-refractivity contribution in [3.8, 4) is 17.0 Å². The van der Waals surface area contributed by atoms with E-state index in [9.17, 15) is 18.0 Å². The van der Waals surface area contributed by atoms with Gasteiger partial charge >= 0.3 is 6.36 Å². The number of rotatable bonds is 8. The maximum absolute atomic E-state index is 12.6. The summed E-state index contributed by atoms with van der Waals surface area (Å²) in [5.41, 5.74) is 4.73. The van der Waals surface area contributed by atoms with Crippen LogP contribution >= 0.6 is 0 Å². The van der Waals surface area contributed by atoms with E-state index >= 15 is 0 Å². The predicted octanol–water partition coefficient (Wildman–Crippen LogP) is 5.67. The summed E-state index contributed by atoms with van der Waals surface area (Å²) in [5.74, 6) is 0.0894. The summed E-state index contributed by atoms with van der Waals surface area (Å²) in [4.78, 5) is 24.6. The second kappa shape index (κ2) is 12.1. The highest BCUT2D eigenvalue weighted by Gasteiger charge is 2.31. The van der Waals surface area contributed by atoms with Gasteiger partial charge in [0.2, 0.25) is 11.9 Å².